The van der Waals surface area contributed by atoms with Crippen LogP contribution in [0, 0.1) is 13.8 Å². The SMILES string of the molecule is Cc1ccc(N(CC(=O)N(Cc2cccc(Br)c2)[C@@H](Cc2ccccc2)C(=O)NC(C)(C)C)S(C)(=O)=O)c(C)c1. The van der Waals surface area contributed by atoms with Gasteiger partial charge in [0.25, 0.3) is 0 Å². The Morgan fingerprint density at radius 1 is 0.925 bits per heavy atom. The third-order valence-electron chi connectivity index (χ3n) is 6.31. The van der Waals surface area contributed by atoms with Gasteiger partial charge >= 0.3 is 0 Å². The number of benzene rings is 3. The van der Waals surface area contributed by atoms with Crippen LogP contribution >= 0.6 is 15.9 Å². The van der Waals surface area contributed by atoms with Crippen molar-refractivity contribution in [1.82, 2.24) is 10.2 Å². The molecule has 0 bridgehead atoms. The lowest BCUT2D eigenvalue weighted by Crippen LogP contribution is -2.56. The van der Waals surface area contributed by atoms with Gasteiger partial charge in [-0.2, -0.15) is 0 Å². The van der Waals surface area contributed by atoms with Gasteiger partial charge in [0.05, 0.1) is 11.9 Å². The third kappa shape index (κ3) is 8.93. The first-order chi connectivity index (χ1) is 18.6. The topological polar surface area (TPSA) is 86.8 Å². The van der Waals surface area contributed by atoms with Crippen LogP contribution in [-0.2, 0) is 32.6 Å². The second-order valence-corrected chi connectivity index (χ2v) is 14.0. The fourth-order valence-corrected chi connectivity index (χ4v) is 5.87. The summed E-state index contributed by atoms with van der Waals surface area (Å²) < 4.78 is 27.9. The Morgan fingerprint density at radius 2 is 1.57 bits per heavy atom. The fraction of sp³-hybridized carbons (Fsp3) is 0.355. The average molecular weight is 629 g/mol. The molecule has 0 spiro atoms. The normalized spacial score (nSPS) is 12.5. The summed E-state index contributed by atoms with van der Waals surface area (Å²) in [6.07, 6.45) is 1.36. The minimum atomic E-state index is -3.82. The van der Waals surface area contributed by atoms with E-state index in [0.717, 1.165) is 37.3 Å². The predicted molar refractivity (Wildman–Crippen MR) is 165 cm³/mol. The number of aryl methyl sites for hydroxylation is 2. The maximum atomic E-state index is 14.2. The summed E-state index contributed by atoms with van der Waals surface area (Å²) in [5.74, 6) is -0.785. The number of anilines is 1. The van der Waals surface area contributed by atoms with Crippen molar-refractivity contribution in [3.05, 3.63) is 99.5 Å². The Bertz CT molecular complexity index is 1450. The number of nitrogens with zero attached hydrogens (tertiary/aromatic N) is 2. The smallest absolute Gasteiger partial charge is 0.244 e. The zero-order valence-electron chi connectivity index (χ0n) is 23.9. The Labute approximate surface area is 246 Å². The lowest BCUT2D eigenvalue weighted by Gasteiger charge is -2.35. The summed E-state index contributed by atoms with van der Waals surface area (Å²) in [7, 11) is -3.82. The Morgan fingerprint density at radius 3 is 2.15 bits per heavy atom. The fourth-order valence-electron chi connectivity index (χ4n) is 4.52. The summed E-state index contributed by atoms with van der Waals surface area (Å²) in [5, 5.41) is 3.03. The minimum Gasteiger partial charge on any atom is -0.350 e. The van der Waals surface area contributed by atoms with E-state index in [2.05, 4.69) is 21.2 Å². The number of amides is 2. The Hall–Kier alpha value is -3.17. The molecule has 0 heterocycles. The molecule has 0 aliphatic rings. The van der Waals surface area contributed by atoms with Crippen molar-refractivity contribution in [2.75, 3.05) is 17.1 Å². The third-order valence-corrected chi connectivity index (χ3v) is 7.93. The molecular formula is C31H38BrN3O4S. The Balaban J connectivity index is 2.09. The van der Waals surface area contributed by atoms with E-state index in [9.17, 15) is 18.0 Å². The van der Waals surface area contributed by atoms with Gasteiger partial charge in [-0.1, -0.05) is 76.1 Å². The molecule has 0 radical (unpaired) electrons. The van der Waals surface area contributed by atoms with Crippen molar-refractivity contribution >= 4 is 43.5 Å². The number of hydrogen-bond donors (Lipinski definition) is 1. The van der Waals surface area contributed by atoms with Gasteiger partial charge in [0.2, 0.25) is 21.8 Å². The van der Waals surface area contributed by atoms with E-state index >= 15 is 0 Å². The molecule has 1 atom stereocenters. The van der Waals surface area contributed by atoms with Gasteiger partial charge in [-0.3, -0.25) is 13.9 Å². The molecule has 0 saturated heterocycles. The van der Waals surface area contributed by atoms with E-state index in [-0.39, 0.29) is 18.9 Å². The van der Waals surface area contributed by atoms with Crippen LogP contribution in [0.4, 0.5) is 5.69 Å². The number of carbonyl (C=O) groups excluding carboxylic acids is 2. The summed E-state index contributed by atoms with van der Waals surface area (Å²) in [5.41, 5.74) is 3.32. The predicted octanol–water partition coefficient (Wildman–Crippen LogP) is 5.39. The molecule has 40 heavy (non-hydrogen) atoms. The van der Waals surface area contributed by atoms with Gasteiger partial charge in [-0.15, -0.1) is 0 Å². The van der Waals surface area contributed by atoms with Crippen molar-refractivity contribution in [2.24, 2.45) is 0 Å². The van der Waals surface area contributed by atoms with Gasteiger partial charge in [-0.25, -0.2) is 8.42 Å². The largest absolute Gasteiger partial charge is 0.350 e. The number of halogens is 1. The molecule has 0 unspecified atom stereocenters. The second-order valence-electron chi connectivity index (χ2n) is 11.2. The van der Waals surface area contributed by atoms with Crippen LogP contribution in [0.15, 0.2) is 77.3 Å². The number of rotatable bonds is 10. The van der Waals surface area contributed by atoms with E-state index < -0.39 is 34.1 Å². The molecule has 3 aromatic carbocycles. The Kier molecular flexibility index (Phi) is 10.2. The molecule has 0 aliphatic heterocycles. The molecule has 3 rings (SSSR count). The molecule has 7 nitrogen and oxygen atoms in total. The van der Waals surface area contributed by atoms with Gasteiger partial charge in [0.15, 0.2) is 0 Å². The summed E-state index contributed by atoms with van der Waals surface area (Å²) in [4.78, 5) is 29.4. The number of carbonyl (C=O) groups is 2. The highest BCUT2D eigenvalue weighted by molar-refractivity contribution is 9.10. The summed E-state index contributed by atoms with van der Waals surface area (Å²) >= 11 is 3.49. The van der Waals surface area contributed by atoms with E-state index in [1.165, 1.54) is 4.90 Å². The molecule has 0 aliphatic carbocycles. The van der Waals surface area contributed by atoms with Crippen LogP contribution in [0.5, 0.6) is 0 Å². The first-order valence-electron chi connectivity index (χ1n) is 13.1. The van der Waals surface area contributed by atoms with Crippen LogP contribution in [0.25, 0.3) is 0 Å². The highest BCUT2D eigenvalue weighted by atomic mass is 79.9. The molecule has 2 amide bonds. The number of hydrogen-bond acceptors (Lipinski definition) is 4. The van der Waals surface area contributed by atoms with Crippen LogP contribution in [-0.4, -0.2) is 49.5 Å². The van der Waals surface area contributed by atoms with E-state index in [1.807, 2.05) is 101 Å². The zero-order chi connectivity index (χ0) is 29.7. The van der Waals surface area contributed by atoms with Crippen molar-refractivity contribution in [3.63, 3.8) is 0 Å². The van der Waals surface area contributed by atoms with Crippen LogP contribution in [0.2, 0.25) is 0 Å². The van der Waals surface area contributed by atoms with Crippen molar-refractivity contribution < 1.29 is 18.0 Å². The van der Waals surface area contributed by atoms with E-state index in [4.69, 9.17) is 0 Å². The summed E-state index contributed by atoms with van der Waals surface area (Å²) in [6.45, 7) is 9.08. The molecule has 3 aromatic rings. The van der Waals surface area contributed by atoms with Crippen molar-refractivity contribution in [1.29, 1.82) is 0 Å². The molecule has 9 heteroatoms. The van der Waals surface area contributed by atoms with Crippen molar-refractivity contribution in [3.8, 4) is 0 Å². The molecule has 0 saturated carbocycles. The van der Waals surface area contributed by atoms with E-state index in [1.54, 1.807) is 6.07 Å². The van der Waals surface area contributed by atoms with Gasteiger partial charge in [0, 0.05) is 23.0 Å². The molecule has 0 fully saturated rings. The maximum Gasteiger partial charge on any atom is 0.244 e. The first kappa shape index (κ1) is 31.4. The lowest BCUT2D eigenvalue weighted by atomic mass is 10.0. The molecular weight excluding hydrogens is 590 g/mol. The number of sulfonamides is 1. The summed E-state index contributed by atoms with van der Waals surface area (Å²) in [6, 6.07) is 21.5. The van der Waals surface area contributed by atoms with Crippen molar-refractivity contribution in [2.45, 2.75) is 59.2 Å². The number of nitrogens with one attached hydrogen (secondary N) is 1. The molecule has 214 valence electrons. The van der Waals surface area contributed by atoms with Gasteiger partial charge in [0.1, 0.15) is 12.6 Å². The first-order valence-corrected chi connectivity index (χ1v) is 15.7. The zero-order valence-corrected chi connectivity index (χ0v) is 26.3. The highest BCUT2D eigenvalue weighted by Crippen LogP contribution is 2.25. The lowest BCUT2D eigenvalue weighted by molar-refractivity contribution is -0.140. The second kappa shape index (κ2) is 13.0. The molecule has 1 N–H and O–H groups in total. The van der Waals surface area contributed by atoms with Crippen LogP contribution in [0.1, 0.15) is 43.0 Å². The quantitative estimate of drug-likeness (QED) is 0.327. The average Bonchev–Trinajstić information content (AvgIpc) is 2.84. The highest BCUT2D eigenvalue weighted by Gasteiger charge is 2.34. The van der Waals surface area contributed by atoms with Crippen LogP contribution in [0.3, 0.4) is 0 Å². The minimum absolute atomic E-state index is 0.123. The van der Waals surface area contributed by atoms with Gasteiger partial charge < -0.3 is 10.2 Å². The maximum absolute atomic E-state index is 14.2. The molecule has 0 aromatic heterocycles. The monoisotopic (exact) mass is 627 g/mol. The standard InChI is InChI=1S/C31H38BrN3O4S/c1-22-15-16-27(23(2)17-22)35(40(6,38)39)21-29(36)34(20-25-13-10-14-26(32)18-25)28(30(37)33-31(3,4)5)19-24-11-8-7-9-12-24/h7-18,28H,19-21H2,1-6H3,(H,33,37)/t28-/m0/s1. The van der Waals surface area contributed by atoms with Crippen LogP contribution < -0.4 is 9.62 Å². The van der Waals surface area contributed by atoms with E-state index in [0.29, 0.717) is 5.69 Å². The van der Waals surface area contributed by atoms with Gasteiger partial charge in [-0.05, 0) is 69.5 Å².